The topological polar surface area (TPSA) is 107 Å². The molecule has 1 aromatic carbocycles. The molecular weight excluding hydrogens is 382 g/mol. The number of fused-ring (bicyclic) bond motifs is 1. The highest BCUT2D eigenvalue weighted by atomic mass is 32.1. The fraction of sp³-hybridized carbons (Fsp3) is 0.211. The van der Waals surface area contributed by atoms with Crippen molar-refractivity contribution in [1.82, 2.24) is 9.55 Å². The van der Waals surface area contributed by atoms with Gasteiger partial charge < -0.3 is 10.1 Å². The Balaban J connectivity index is 1.91. The summed E-state index contributed by atoms with van der Waals surface area (Å²) in [6.45, 7) is 2.71. The van der Waals surface area contributed by atoms with Crippen LogP contribution < -0.4 is 10.9 Å². The zero-order valence-corrected chi connectivity index (χ0v) is 16.3. The molecule has 0 saturated heterocycles. The first-order chi connectivity index (χ1) is 13.3. The molecule has 1 amide bonds. The fourth-order valence-corrected chi connectivity index (χ4v) is 3.93. The summed E-state index contributed by atoms with van der Waals surface area (Å²) in [5, 5.41) is 3.22. The minimum Gasteiger partial charge on any atom is -0.465 e. The molecule has 1 N–H and O–H groups in total. The maximum atomic E-state index is 12.5. The number of esters is 1. The standard InChI is InChI=1S/C19H17N3O5S/c1-10-15(19(26)27-3)17(28-16(10)11(2)23)21-14(24)8-22-9-20-13-7-5-4-6-12(13)18(22)25/h4-7,9H,8H2,1-3H3,(H,21,24). The zero-order chi connectivity index (χ0) is 20.4. The highest BCUT2D eigenvalue weighted by Crippen LogP contribution is 2.34. The van der Waals surface area contributed by atoms with Gasteiger partial charge in [0.05, 0.1) is 34.8 Å². The van der Waals surface area contributed by atoms with Crippen LogP contribution in [0.1, 0.15) is 32.5 Å². The van der Waals surface area contributed by atoms with Gasteiger partial charge in [0.25, 0.3) is 5.56 Å². The van der Waals surface area contributed by atoms with Crippen molar-refractivity contribution in [1.29, 1.82) is 0 Å². The summed E-state index contributed by atoms with van der Waals surface area (Å²) in [6, 6.07) is 6.83. The number of carbonyl (C=O) groups excluding carboxylic acids is 3. The Morgan fingerprint density at radius 2 is 1.96 bits per heavy atom. The molecule has 0 aliphatic heterocycles. The Labute approximate surface area is 163 Å². The molecule has 0 aliphatic carbocycles. The van der Waals surface area contributed by atoms with Crippen LogP contribution in [0.25, 0.3) is 10.9 Å². The number of carbonyl (C=O) groups is 3. The molecular formula is C19H17N3O5S. The van der Waals surface area contributed by atoms with Gasteiger partial charge in [-0.15, -0.1) is 11.3 Å². The van der Waals surface area contributed by atoms with E-state index in [4.69, 9.17) is 4.74 Å². The monoisotopic (exact) mass is 399 g/mol. The number of hydrogen-bond donors (Lipinski definition) is 1. The van der Waals surface area contributed by atoms with Crippen molar-refractivity contribution in [3.63, 3.8) is 0 Å². The summed E-state index contributed by atoms with van der Waals surface area (Å²) < 4.78 is 5.94. The van der Waals surface area contributed by atoms with Gasteiger partial charge in [0.2, 0.25) is 5.91 Å². The number of benzene rings is 1. The molecule has 0 fully saturated rings. The van der Waals surface area contributed by atoms with Gasteiger partial charge >= 0.3 is 5.97 Å². The molecule has 8 nitrogen and oxygen atoms in total. The molecule has 0 unspecified atom stereocenters. The number of rotatable bonds is 5. The molecule has 0 radical (unpaired) electrons. The van der Waals surface area contributed by atoms with Gasteiger partial charge in [-0.1, -0.05) is 12.1 Å². The van der Waals surface area contributed by atoms with Crippen molar-refractivity contribution in [2.45, 2.75) is 20.4 Å². The van der Waals surface area contributed by atoms with Crippen molar-refractivity contribution in [2.24, 2.45) is 0 Å². The number of nitrogens with one attached hydrogen (secondary N) is 1. The molecule has 2 heterocycles. The summed E-state index contributed by atoms with van der Waals surface area (Å²) in [7, 11) is 1.22. The average molecular weight is 399 g/mol. The van der Waals surface area contributed by atoms with E-state index < -0.39 is 11.9 Å². The Morgan fingerprint density at radius 3 is 2.64 bits per heavy atom. The lowest BCUT2D eigenvalue weighted by atomic mass is 10.1. The van der Waals surface area contributed by atoms with Crippen LogP contribution in [0.3, 0.4) is 0 Å². The molecule has 144 valence electrons. The number of ether oxygens (including phenoxy) is 1. The highest BCUT2D eigenvalue weighted by molar-refractivity contribution is 7.18. The quantitative estimate of drug-likeness (QED) is 0.521. The van der Waals surface area contributed by atoms with Crippen LogP contribution in [0.5, 0.6) is 0 Å². The second-order valence-electron chi connectivity index (χ2n) is 6.05. The highest BCUT2D eigenvalue weighted by Gasteiger charge is 2.25. The largest absolute Gasteiger partial charge is 0.465 e. The summed E-state index contributed by atoms with van der Waals surface area (Å²) in [4.78, 5) is 53.4. The first-order valence-electron chi connectivity index (χ1n) is 8.30. The predicted molar refractivity (Wildman–Crippen MR) is 105 cm³/mol. The zero-order valence-electron chi connectivity index (χ0n) is 15.4. The smallest absolute Gasteiger partial charge is 0.341 e. The van der Waals surface area contributed by atoms with Crippen molar-refractivity contribution < 1.29 is 19.1 Å². The maximum absolute atomic E-state index is 12.5. The normalized spacial score (nSPS) is 10.7. The van der Waals surface area contributed by atoms with Crippen molar-refractivity contribution in [3.8, 4) is 0 Å². The number of Topliss-reactive ketones (excluding diaryl/α,β-unsaturated/α-hetero) is 1. The van der Waals surface area contributed by atoms with Crippen LogP contribution in [-0.4, -0.2) is 34.3 Å². The number of methoxy groups -OCH3 is 1. The summed E-state index contributed by atoms with van der Waals surface area (Å²) in [5.41, 5.74) is 0.775. The molecule has 0 saturated carbocycles. The molecule has 3 rings (SSSR count). The number of amides is 1. The second kappa shape index (κ2) is 7.73. The number of hydrogen-bond acceptors (Lipinski definition) is 7. The molecule has 0 atom stereocenters. The third-order valence-electron chi connectivity index (χ3n) is 4.15. The SMILES string of the molecule is COC(=O)c1c(NC(=O)Cn2cnc3ccccc3c2=O)sc(C(C)=O)c1C. The third kappa shape index (κ3) is 3.56. The predicted octanol–water partition coefficient (Wildman–Crippen LogP) is 2.39. The number of anilines is 1. The molecule has 0 bridgehead atoms. The van der Waals surface area contributed by atoms with E-state index in [-0.39, 0.29) is 28.5 Å². The molecule has 9 heteroatoms. The molecule has 3 aromatic rings. The Kier molecular flexibility index (Phi) is 5.36. The molecule has 2 aromatic heterocycles. The first-order valence-corrected chi connectivity index (χ1v) is 9.11. The van der Waals surface area contributed by atoms with E-state index in [1.54, 1.807) is 31.2 Å². The number of thiophene rings is 1. The third-order valence-corrected chi connectivity index (χ3v) is 5.46. The van der Waals surface area contributed by atoms with E-state index in [2.05, 4.69) is 10.3 Å². The fourth-order valence-electron chi connectivity index (χ4n) is 2.82. The number of ketones is 1. The lowest BCUT2D eigenvalue weighted by Gasteiger charge is -2.08. The van der Waals surface area contributed by atoms with Crippen LogP contribution in [0.2, 0.25) is 0 Å². The van der Waals surface area contributed by atoms with Crippen LogP contribution in [0.4, 0.5) is 5.00 Å². The van der Waals surface area contributed by atoms with E-state index >= 15 is 0 Å². The number of para-hydroxylation sites is 1. The minimum absolute atomic E-state index is 0.134. The molecule has 28 heavy (non-hydrogen) atoms. The van der Waals surface area contributed by atoms with Crippen molar-refractivity contribution in [3.05, 3.63) is 57.0 Å². The Hall–Kier alpha value is -3.33. The van der Waals surface area contributed by atoms with Crippen molar-refractivity contribution in [2.75, 3.05) is 12.4 Å². The van der Waals surface area contributed by atoms with Crippen LogP contribution in [-0.2, 0) is 16.1 Å². The Morgan fingerprint density at radius 1 is 1.25 bits per heavy atom. The van der Waals surface area contributed by atoms with Crippen LogP contribution in [0.15, 0.2) is 35.4 Å². The molecule has 0 spiro atoms. The van der Waals surface area contributed by atoms with Gasteiger partial charge in [0.15, 0.2) is 5.78 Å². The van der Waals surface area contributed by atoms with Crippen LogP contribution in [0, 0.1) is 6.92 Å². The second-order valence-corrected chi connectivity index (χ2v) is 7.07. The van der Waals surface area contributed by atoms with E-state index in [1.807, 2.05) is 0 Å². The summed E-state index contributed by atoms with van der Waals surface area (Å²) in [5.74, 6) is -1.40. The van der Waals surface area contributed by atoms with E-state index in [9.17, 15) is 19.2 Å². The van der Waals surface area contributed by atoms with Crippen molar-refractivity contribution >= 4 is 44.9 Å². The van der Waals surface area contributed by atoms with E-state index in [1.165, 1.54) is 24.9 Å². The minimum atomic E-state index is -0.652. The maximum Gasteiger partial charge on any atom is 0.341 e. The summed E-state index contributed by atoms with van der Waals surface area (Å²) >= 11 is 0.998. The lowest BCUT2D eigenvalue weighted by Crippen LogP contribution is -2.28. The summed E-state index contributed by atoms with van der Waals surface area (Å²) in [6.07, 6.45) is 1.30. The first kappa shape index (κ1) is 19.4. The van der Waals surface area contributed by atoms with Gasteiger partial charge in [-0.2, -0.15) is 0 Å². The van der Waals surface area contributed by atoms with Gasteiger partial charge in [0, 0.05) is 0 Å². The van der Waals surface area contributed by atoms with Crippen LogP contribution >= 0.6 is 11.3 Å². The number of aromatic nitrogens is 2. The Bertz CT molecular complexity index is 1160. The van der Waals surface area contributed by atoms with Gasteiger partial charge in [0.1, 0.15) is 11.5 Å². The number of nitrogens with zero attached hydrogens (tertiary/aromatic N) is 2. The average Bonchev–Trinajstić information content (AvgIpc) is 2.99. The van der Waals surface area contributed by atoms with Gasteiger partial charge in [-0.05, 0) is 31.5 Å². The van der Waals surface area contributed by atoms with Gasteiger partial charge in [-0.25, -0.2) is 9.78 Å². The lowest BCUT2D eigenvalue weighted by molar-refractivity contribution is -0.116. The molecule has 0 aliphatic rings. The van der Waals surface area contributed by atoms with E-state index in [0.29, 0.717) is 21.3 Å². The van der Waals surface area contributed by atoms with E-state index in [0.717, 1.165) is 11.3 Å². The van der Waals surface area contributed by atoms with Gasteiger partial charge in [-0.3, -0.25) is 19.0 Å².